The van der Waals surface area contributed by atoms with Gasteiger partial charge < -0.3 is 4.74 Å². The fourth-order valence-corrected chi connectivity index (χ4v) is 5.36. The molecule has 3 aromatic carbocycles. The van der Waals surface area contributed by atoms with Crippen molar-refractivity contribution in [3.05, 3.63) is 107 Å². The van der Waals surface area contributed by atoms with Crippen LogP contribution in [-0.2, 0) is 14.3 Å². The van der Waals surface area contributed by atoms with Gasteiger partial charge >= 0.3 is 0 Å². The molecule has 3 atom stereocenters. The molecule has 3 aromatic rings. The zero-order chi connectivity index (χ0) is 24.3. The number of amides is 2. The van der Waals surface area contributed by atoms with Crippen LogP contribution in [0.2, 0.25) is 0 Å². The summed E-state index contributed by atoms with van der Waals surface area (Å²) in [6.45, 7) is 0. The summed E-state index contributed by atoms with van der Waals surface area (Å²) in [5.74, 6) is -5.49. The average Bonchev–Trinajstić information content (AvgIpc) is 3.44. The molecule has 2 aliphatic heterocycles. The minimum atomic E-state index is -2.12. The van der Waals surface area contributed by atoms with Crippen molar-refractivity contribution < 1.29 is 28.3 Å². The van der Waals surface area contributed by atoms with E-state index in [1.165, 1.54) is 24.3 Å². The van der Waals surface area contributed by atoms with Gasteiger partial charge in [0, 0.05) is 11.1 Å². The quantitative estimate of drug-likeness (QED) is 0.432. The van der Waals surface area contributed by atoms with Crippen molar-refractivity contribution in [1.29, 1.82) is 0 Å². The third kappa shape index (κ3) is 2.91. The Morgan fingerprint density at radius 3 is 2.00 bits per heavy atom. The second-order valence-corrected chi connectivity index (χ2v) is 8.78. The third-order valence-electron chi connectivity index (χ3n) is 6.92. The summed E-state index contributed by atoms with van der Waals surface area (Å²) in [6.07, 6.45) is 2.35. The number of halogens is 1. The summed E-state index contributed by atoms with van der Waals surface area (Å²) in [5.41, 5.74) is -0.782. The lowest BCUT2D eigenvalue weighted by atomic mass is 9.78. The average molecular weight is 467 g/mol. The summed E-state index contributed by atoms with van der Waals surface area (Å²) < 4.78 is 19.6. The molecular formula is C28H18FNO5. The van der Waals surface area contributed by atoms with Gasteiger partial charge in [0.1, 0.15) is 5.82 Å². The first-order valence-corrected chi connectivity index (χ1v) is 11.2. The standard InChI is InChI=1S/C28H18FNO5/c29-17-11-13-18(14-12-17)30-26(33)22-21(15-10-16-6-2-1-3-7-16)35-28(23(22)27(30)34)24(31)19-8-4-5-9-20(19)25(28)32/h1-15,21-23H/b15-10+/t21-,22-,23+/m1/s1. The number of ether oxygens (including phenoxy) is 1. The summed E-state index contributed by atoms with van der Waals surface area (Å²) in [4.78, 5) is 55.5. The second-order valence-electron chi connectivity index (χ2n) is 8.78. The molecule has 6 nitrogen and oxygen atoms in total. The van der Waals surface area contributed by atoms with Crippen LogP contribution in [0.4, 0.5) is 10.1 Å². The van der Waals surface area contributed by atoms with E-state index >= 15 is 0 Å². The number of nitrogens with zero attached hydrogens (tertiary/aromatic N) is 1. The number of ketones is 2. The zero-order valence-corrected chi connectivity index (χ0v) is 18.3. The van der Waals surface area contributed by atoms with Gasteiger partial charge in [-0.25, -0.2) is 9.29 Å². The maximum atomic E-state index is 13.7. The third-order valence-corrected chi connectivity index (χ3v) is 6.92. The molecule has 6 rings (SSSR count). The highest BCUT2D eigenvalue weighted by Gasteiger charge is 2.74. The minimum absolute atomic E-state index is 0.171. The summed E-state index contributed by atoms with van der Waals surface area (Å²) in [7, 11) is 0. The summed E-state index contributed by atoms with van der Waals surface area (Å²) in [5, 5.41) is 0. The van der Waals surface area contributed by atoms with Crippen LogP contribution in [0.1, 0.15) is 26.3 Å². The van der Waals surface area contributed by atoms with E-state index in [1.807, 2.05) is 30.3 Å². The molecule has 0 N–H and O–H groups in total. The van der Waals surface area contributed by atoms with Crippen LogP contribution in [0.3, 0.4) is 0 Å². The monoisotopic (exact) mass is 467 g/mol. The molecule has 0 bridgehead atoms. The highest BCUT2D eigenvalue weighted by molar-refractivity contribution is 6.37. The first-order valence-electron chi connectivity index (χ1n) is 11.2. The second kappa shape index (κ2) is 7.65. The van der Waals surface area contributed by atoms with E-state index in [1.54, 1.807) is 24.3 Å². The number of benzene rings is 3. The number of carbonyl (C=O) groups excluding carboxylic acids is 4. The highest BCUT2D eigenvalue weighted by atomic mass is 19.1. The number of imide groups is 1. The SMILES string of the molecule is O=C1[C@H]2[C@@H](C(=O)N1c1ccc(F)cc1)C1(O[C@@H]2/C=C/c2ccccc2)C(=O)c2ccccc2C1=O. The van der Waals surface area contributed by atoms with Gasteiger partial charge in [-0.05, 0) is 29.8 Å². The lowest BCUT2D eigenvalue weighted by Crippen LogP contribution is -2.51. The van der Waals surface area contributed by atoms with Crippen molar-refractivity contribution in [2.24, 2.45) is 11.8 Å². The summed E-state index contributed by atoms with van der Waals surface area (Å²) >= 11 is 0. The molecule has 3 aliphatic rings. The van der Waals surface area contributed by atoms with Gasteiger partial charge in [-0.3, -0.25) is 19.2 Å². The molecule has 2 fully saturated rings. The largest absolute Gasteiger partial charge is 0.350 e. The van der Waals surface area contributed by atoms with E-state index in [2.05, 4.69) is 0 Å². The molecule has 0 unspecified atom stereocenters. The Labute approximate surface area is 199 Å². The van der Waals surface area contributed by atoms with E-state index < -0.39 is 52.7 Å². The number of Topliss-reactive ketones (excluding diaryl/α,β-unsaturated/α-hetero) is 2. The minimum Gasteiger partial charge on any atom is -0.350 e. The van der Waals surface area contributed by atoms with Crippen LogP contribution in [0, 0.1) is 17.7 Å². The number of hydrogen-bond acceptors (Lipinski definition) is 5. The van der Waals surface area contributed by atoms with Crippen molar-refractivity contribution in [3.8, 4) is 0 Å². The maximum absolute atomic E-state index is 13.7. The summed E-state index contributed by atoms with van der Waals surface area (Å²) in [6, 6.07) is 20.5. The van der Waals surface area contributed by atoms with Crippen LogP contribution in [0.5, 0.6) is 0 Å². The van der Waals surface area contributed by atoms with Gasteiger partial charge in [0.2, 0.25) is 29.0 Å². The van der Waals surface area contributed by atoms with Crippen LogP contribution in [0.15, 0.2) is 84.9 Å². The van der Waals surface area contributed by atoms with Crippen LogP contribution >= 0.6 is 0 Å². The Balaban J connectivity index is 1.48. The Hall–Kier alpha value is -4.23. The smallest absolute Gasteiger partial charge is 0.241 e. The van der Waals surface area contributed by atoms with Crippen molar-refractivity contribution in [1.82, 2.24) is 0 Å². The molecule has 2 amide bonds. The fourth-order valence-electron chi connectivity index (χ4n) is 5.36. The Morgan fingerprint density at radius 2 is 1.37 bits per heavy atom. The van der Waals surface area contributed by atoms with Crippen LogP contribution in [0.25, 0.3) is 6.08 Å². The molecule has 35 heavy (non-hydrogen) atoms. The molecule has 1 aliphatic carbocycles. The topological polar surface area (TPSA) is 80.8 Å². The van der Waals surface area contributed by atoms with Gasteiger partial charge in [0.15, 0.2) is 0 Å². The number of carbonyl (C=O) groups is 4. The lowest BCUT2D eigenvalue weighted by molar-refractivity contribution is -0.126. The normalized spacial score (nSPS) is 24.6. The van der Waals surface area contributed by atoms with Gasteiger partial charge in [-0.2, -0.15) is 0 Å². The predicted octanol–water partition coefficient (Wildman–Crippen LogP) is 3.86. The number of rotatable bonds is 3. The van der Waals surface area contributed by atoms with E-state index in [-0.39, 0.29) is 16.8 Å². The van der Waals surface area contributed by atoms with E-state index in [4.69, 9.17) is 4.74 Å². The van der Waals surface area contributed by atoms with Crippen molar-refractivity contribution >= 4 is 35.1 Å². The molecule has 0 aromatic heterocycles. The molecule has 2 heterocycles. The molecular weight excluding hydrogens is 449 g/mol. The molecule has 172 valence electrons. The van der Waals surface area contributed by atoms with Gasteiger partial charge in [0.05, 0.1) is 23.6 Å². The predicted molar refractivity (Wildman–Crippen MR) is 124 cm³/mol. The van der Waals surface area contributed by atoms with E-state index in [0.717, 1.165) is 22.6 Å². The van der Waals surface area contributed by atoms with Crippen LogP contribution < -0.4 is 4.90 Å². The first kappa shape index (κ1) is 21.3. The highest BCUT2D eigenvalue weighted by Crippen LogP contribution is 2.53. The Kier molecular flexibility index (Phi) is 4.66. The zero-order valence-electron chi connectivity index (χ0n) is 18.3. The van der Waals surface area contributed by atoms with Crippen LogP contribution in [-0.4, -0.2) is 35.1 Å². The van der Waals surface area contributed by atoms with Gasteiger partial charge in [-0.1, -0.05) is 66.7 Å². The van der Waals surface area contributed by atoms with Gasteiger partial charge in [-0.15, -0.1) is 0 Å². The number of fused-ring (bicyclic) bond motifs is 3. The first-order chi connectivity index (χ1) is 16.9. The maximum Gasteiger partial charge on any atom is 0.241 e. The molecule has 7 heteroatoms. The molecule has 1 spiro atoms. The number of anilines is 1. The molecule has 0 radical (unpaired) electrons. The lowest BCUT2D eigenvalue weighted by Gasteiger charge is -2.26. The molecule has 0 saturated carbocycles. The van der Waals surface area contributed by atoms with E-state index in [9.17, 15) is 23.6 Å². The van der Waals surface area contributed by atoms with Crippen molar-refractivity contribution in [3.63, 3.8) is 0 Å². The van der Waals surface area contributed by atoms with Crippen molar-refractivity contribution in [2.45, 2.75) is 11.7 Å². The fraction of sp³-hybridized carbons (Fsp3) is 0.143. The number of hydrogen-bond donors (Lipinski definition) is 0. The van der Waals surface area contributed by atoms with E-state index in [0.29, 0.717) is 0 Å². The van der Waals surface area contributed by atoms with Crippen molar-refractivity contribution in [2.75, 3.05) is 4.90 Å². The Bertz CT molecular complexity index is 1390. The molecule has 2 saturated heterocycles. The Morgan fingerprint density at radius 1 is 0.771 bits per heavy atom. The van der Waals surface area contributed by atoms with Gasteiger partial charge in [0.25, 0.3) is 0 Å².